The van der Waals surface area contributed by atoms with Crippen LogP contribution in [0.5, 0.6) is 5.75 Å². The van der Waals surface area contributed by atoms with Gasteiger partial charge in [-0.3, -0.25) is 5.73 Å². The van der Waals surface area contributed by atoms with Crippen molar-refractivity contribution in [1.82, 2.24) is 14.6 Å². The van der Waals surface area contributed by atoms with Gasteiger partial charge in [0.2, 0.25) is 0 Å². The van der Waals surface area contributed by atoms with Gasteiger partial charge in [-0.25, -0.2) is 18.7 Å². The van der Waals surface area contributed by atoms with E-state index in [0.29, 0.717) is 17.5 Å². The molecule has 2 fully saturated rings. The number of rotatable bonds is 5. The fraction of sp³-hybridized carbons (Fsp3) is 0.381. The van der Waals surface area contributed by atoms with Gasteiger partial charge in [-0.1, -0.05) is 0 Å². The predicted octanol–water partition coefficient (Wildman–Crippen LogP) is 2.77. The first kappa shape index (κ1) is 18.8. The number of nitrogens with zero attached hydrogens (tertiary/aromatic N) is 4. The van der Waals surface area contributed by atoms with E-state index in [-0.39, 0.29) is 17.0 Å². The molecular formula is C21H22FN5O3. The summed E-state index contributed by atoms with van der Waals surface area (Å²) in [6, 6.07) is 6.31. The van der Waals surface area contributed by atoms with Crippen molar-refractivity contribution in [3.63, 3.8) is 0 Å². The Morgan fingerprint density at radius 3 is 2.90 bits per heavy atom. The molecule has 2 aromatic heterocycles. The first-order chi connectivity index (χ1) is 14.2. The van der Waals surface area contributed by atoms with Crippen LogP contribution in [0.25, 0.3) is 5.65 Å². The average Bonchev–Trinajstić information content (AvgIpc) is 3.05. The predicted molar refractivity (Wildman–Crippen MR) is 107 cm³/mol. The number of piperidine rings is 1. The largest absolute Gasteiger partial charge is 0.477 e. The lowest BCUT2D eigenvalue weighted by Gasteiger charge is -2.32. The number of hydrogen-bond acceptors (Lipinski definition) is 6. The zero-order valence-corrected chi connectivity index (χ0v) is 16.7. The van der Waals surface area contributed by atoms with Crippen LogP contribution < -0.4 is 15.4 Å². The van der Waals surface area contributed by atoms with Crippen LogP contribution in [0.4, 0.5) is 10.2 Å². The molecule has 0 radical (unpaired) electrons. The minimum absolute atomic E-state index is 0.0390. The second-order valence-corrected chi connectivity index (χ2v) is 8.53. The molecule has 156 valence electrons. The summed E-state index contributed by atoms with van der Waals surface area (Å²) in [5.74, 6) is 0.0968. The maximum Gasteiger partial charge on any atom is 0.341 e. The van der Waals surface area contributed by atoms with Crippen molar-refractivity contribution in [2.45, 2.75) is 38.0 Å². The standard InChI is InChI=1S/C21H22FN5O3/c1-20(2,23)30-16-4-3-13(22)9-15(16)21-10-12(21)5-7-26(21)17-6-8-27-18(25-17)14(11-24-27)19(28)29/h3-4,6,8-9,11-12H,5,7,10,23H2,1-2H3,(H,28,29). The molecular weight excluding hydrogens is 389 g/mol. The zero-order valence-electron chi connectivity index (χ0n) is 16.7. The van der Waals surface area contributed by atoms with Gasteiger partial charge < -0.3 is 14.7 Å². The highest BCUT2D eigenvalue weighted by molar-refractivity contribution is 5.94. The molecule has 2 atom stereocenters. The molecule has 5 rings (SSSR count). The summed E-state index contributed by atoms with van der Waals surface area (Å²) in [4.78, 5) is 18.2. The van der Waals surface area contributed by atoms with E-state index < -0.39 is 17.2 Å². The Kier molecular flexibility index (Phi) is 3.85. The second kappa shape index (κ2) is 6.15. The monoisotopic (exact) mass is 411 g/mol. The smallest absolute Gasteiger partial charge is 0.341 e. The normalized spacial score (nSPS) is 22.9. The van der Waals surface area contributed by atoms with Gasteiger partial charge in [-0.15, -0.1) is 0 Å². The molecule has 30 heavy (non-hydrogen) atoms. The molecule has 0 spiro atoms. The molecule has 9 heteroatoms. The van der Waals surface area contributed by atoms with Crippen LogP contribution in [0.1, 0.15) is 42.6 Å². The van der Waals surface area contributed by atoms with Crippen LogP contribution in [-0.2, 0) is 5.54 Å². The Morgan fingerprint density at radius 1 is 1.40 bits per heavy atom. The summed E-state index contributed by atoms with van der Waals surface area (Å²) >= 11 is 0. The van der Waals surface area contributed by atoms with Gasteiger partial charge >= 0.3 is 5.97 Å². The maximum atomic E-state index is 14.3. The van der Waals surface area contributed by atoms with Crippen LogP contribution in [-0.4, -0.2) is 37.9 Å². The van der Waals surface area contributed by atoms with E-state index in [1.54, 1.807) is 32.2 Å². The lowest BCUT2D eigenvalue weighted by molar-refractivity contribution is 0.0698. The van der Waals surface area contributed by atoms with Crippen molar-refractivity contribution in [3.05, 3.63) is 53.6 Å². The van der Waals surface area contributed by atoms with E-state index in [0.717, 1.165) is 24.9 Å². The van der Waals surface area contributed by atoms with Crippen molar-refractivity contribution in [2.24, 2.45) is 11.7 Å². The highest BCUT2D eigenvalue weighted by atomic mass is 19.1. The van der Waals surface area contributed by atoms with Crippen molar-refractivity contribution in [2.75, 3.05) is 11.4 Å². The number of aromatic nitrogens is 3. The Balaban J connectivity index is 1.61. The summed E-state index contributed by atoms with van der Waals surface area (Å²) in [7, 11) is 0. The minimum atomic E-state index is -1.08. The third-order valence-electron chi connectivity index (χ3n) is 5.90. The topological polar surface area (TPSA) is 106 Å². The fourth-order valence-corrected chi connectivity index (χ4v) is 4.64. The lowest BCUT2D eigenvalue weighted by Crippen LogP contribution is -2.40. The molecule has 8 nitrogen and oxygen atoms in total. The highest BCUT2D eigenvalue weighted by Gasteiger charge is 2.64. The third-order valence-corrected chi connectivity index (χ3v) is 5.90. The van der Waals surface area contributed by atoms with Gasteiger partial charge in [-0.2, -0.15) is 5.10 Å². The average molecular weight is 411 g/mol. The minimum Gasteiger partial charge on any atom is -0.477 e. The van der Waals surface area contributed by atoms with Crippen LogP contribution in [0, 0.1) is 11.7 Å². The number of halogens is 1. The molecule has 2 unspecified atom stereocenters. The van der Waals surface area contributed by atoms with Gasteiger partial charge in [0.1, 0.15) is 22.9 Å². The lowest BCUT2D eigenvalue weighted by atomic mass is 10.0. The van der Waals surface area contributed by atoms with E-state index >= 15 is 0 Å². The van der Waals surface area contributed by atoms with Crippen molar-refractivity contribution >= 4 is 17.4 Å². The van der Waals surface area contributed by atoms with E-state index in [1.165, 1.54) is 22.8 Å². The molecule has 3 heterocycles. The number of fused-ring (bicyclic) bond motifs is 2. The van der Waals surface area contributed by atoms with Crippen LogP contribution in [0.2, 0.25) is 0 Å². The summed E-state index contributed by atoms with van der Waals surface area (Å²) in [5, 5.41) is 13.5. The number of carboxylic acids is 1. The Morgan fingerprint density at radius 2 is 2.20 bits per heavy atom. The third kappa shape index (κ3) is 2.80. The van der Waals surface area contributed by atoms with Crippen LogP contribution in [0.3, 0.4) is 0 Å². The molecule has 1 aromatic carbocycles. The molecule has 1 aliphatic heterocycles. The summed E-state index contributed by atoms with van der Waals surface area (Å²) in [5.41, 5.74) is 5.76. The van der Waals surface area contributed by atoms with Gasteiger partial charge in [0.25, 0.3) is 0 Å². The molecule has 2 aliphatic rings. The van der Waals surface area contributed by atoms with Gasteiger partial charge in [-0.05, 0) is 56.9 Å². The molecule has 3 N–H and O–H groups in total. The molecule has 0 amide bonds. The number of carboxylic acid groups (broad SMARTS) is 1. The fourth-order valence-electron chi connectivity index (χ4n) is 4.64. The molecule has 3 aromatic rings. The van der Waals surface area contributed by atoms with E-state index in [9.17, 15) is 14.3 Å². The van der Waals surface area contributed by atoms with Crippen molar-refractivity contribution < 1.29 is 19.0 Å². The quantitative estimate of drug-likeness (QED) is 0.622. The Bertz CT molecular complexity index is 1170. The van der Waals surface area contributed by atoms with Gasteiger partial charge in [0.15, 0.2) is 11.4 Å². The van der Waals surface area contributed by atoms with E-state index in [4.69, 9.17) is 10.5 Å². The maximum absolute atomic E-state index is 14.3. The molecule has 0 bridgehead atoms. The number of ether oxygens (including phenoxy) is 1. The number of hydrogen-bond donors (Lipinski definition) is 2. The number of aromatic carboxylic acids is 1. The SMILES string of the molecule is CC(C)(N)Oc1ccc(F)cc1C12CC1CCN2c1ccn2ncc(C(=O)O)c2n1. The Labute approximate surface area is 172 Å². The number of benzene rings is 1. The summed E-state index contributed by atoms with van der Waals surface area (Å²) in [6.07, 6.45) is 4.76. The van der Waals surface area contributed by atoms with Gasteiger partial charge in [0, 0.05) is 18.3 Å². The summed E-state index contributed by atoms with van der Waals surface area (Å²) < 4.78 is 21.7. The number of carbonyl (C=O) groups is 1. The van der Waals surface area contributed by atoms with Crippen LogP contribution >= 0.6 is 0 Å². The van der Waals surface area contributed by atoms with Crippen LogP contribution in [0.15, 0.2) is 36.7 Å². The molecule has 1 saturated carbocycles. The molecule has 1 saturated heterocycles. The second-order valence-electron chi connectivity index (χ2n) is 8.53. The summed E-state index contributed by atoms with van der Waals surface area (Å²) in [6.45, 7) is 4.22. The molecule has 1 aliphatic carbocycles. The van der Waals surface area contributed by atoms with Gasteiger partial charge in [0.05, 0.1) is 11.7 Å². The number of anilines is 1. The van der Waals surface area contributed by atoms with Crippen molar-refractivity contribution in [3.8, 4) is 5.75 Å². The van der Waals surface area contributed by atoms with E-state index in [2.05, 4.69) is 15.0 Å². The number of nitrogens with two attached hydrogens (primary N) is 1. The first-order valence-corrected chi connectivity index (χ1v) is 9.82. The highest BCUT2D eigenvalue weighted by Crippen LogP contribution is 2.65. The zero-order chi connectivity index (χ0) is 21.3. The Hall–Kier alpha value is -3.20. The first-order valence-electron chi connectivity index (χ1n) is 9.82. The van der Waals surface area contributed by atoms with E-state index in [1.807, 2.05) is 0 Å². The van der Waals surface area contributed by atoms with Crippen molar-refractivity contribution in [1.29, 1.82) is 0 Å².